The summed E-state index contributed by atoms with van der Waals surface area (Å²) in [5, 5.41) is 0. The van der Waals surface area contributed by atoms with Crippen LogP contribution in [0.15, 0.2) is 97.1 Å². The van der Waals surface area contributed by atoms with Crippen LogP contribution in [0.3, 0.4) is 0 Å². The highest BCUT2D eigenvalue weighted by Crippen LogP contribution is 2.19. The molecular weight excluding hydrogens is 656 g/mol. The predicted molar refractivity (Wildman–Crippen MR) is 218 cm³/mol. The molecule has 292 valence electrons. The fourth-order valence-corrected chi connectivity index (χ4v) is 3.66. The highest BCUT2D eigenvalue weighted by molar-refractivity contribution is 5.87. The Hall–Kier alpha value is -4.98. The van der Waals surface area contributed by atoms with Gasteiger partial charge in [-0.05, 0) is 60.4 Å². The molecule has 0 amide bonds. The smallest absolute Gasteiger partial charge is 0.333 e. The minimum Gasteiger partial charge on any atom is -0.462 e. The lowest BCUT2D eigenvalue weighted by Gasteiger charge is -2.08. The van der Waals surface area contributed by atoms with E-state index >= 15 is 0 Å². The Balaban J connectivity index is -0.000000699. The molecule has 0 saturated heterocycles. The van der Waals surface area contributed by atoms with E-state index in [1.807, 2.05) is 90.1 Å². The number of carbonyl (C=O) groups is 4. The van der Waals surface area contributed by atoms with Gasteiger partial charge in [-0.3, -0.25) is 9.59 Å². The topological polar surface area (TPSA) is 105 Å². The first-order valence-electron chi connectivity index (χ1n) is 16.4. The lowest BCUT2D eigenvalue weighted by molar-refractivity contribution is -0.139. The first kappa shape index (κ1) is 56.4. The van der Waals surface area contributed by atoms with Gasteiger partial charge in [0.25, 0.3) is 0 Å². The van der Waals surface area contributed by atoms with Crippen LogP contribution in [0.5, 0.6) is 11.5 Å². The summed E-state index contributed by atoms with van der Waals surface area (Å²) in [7, 11) is 0. The Morgan fingerprint density at radius 2 is 0.712 bits per heavy atom. The van der Waals surface area contributed by atoms with Gasteiger partial charge in [0.1, 0.15) is 11.5 Å². The van der Waals surface area contributed by atoms with E-state index in [4.69, 9.17) is 18.9 Å². The molecule has 0 aliphatic heterocycles. The number of ether oxygens (including phenoxy) is 4. The van der Waals surface area contributed by atoms with Gasteiger partial charge in [0.15, 0.2) is 0 Å². The fraction of sp³-hybridized carbons (Fsp3) is 0.409. The maximum absolute atomic E-state index is 12.4. The van der Waals surface area contributed by atoms with Crippen molar-refractivity contribution in [2.24, 2.45) is 0 Å². The summed E-state index contributed by atoms with van der Waals surface area (Å²) >= 11 is 0. The van der Waals surface area contributed by atoms with E-state index in [0.717, 1.165) is 22.3 Å². The van der Waals surface area contributed by atoms with Crippen molar-refractivity contribution in [3.05, 3.63) is 119 Å². The van der Waals surface area contributed by atoms with Gasteiger partial charge in [0.2, 0.25) is 0 Å². The van der Waals surface area contributed by atoms with Crippen molar-refractivity contribution in [1.82, 2.24) is 0 Å². The molecule has 0 bridgehead atoms. The van der Waals surface area contributed by atoms with Crippen molar-refractivity contribution >= 4 is 23.9 Å². The molecule has 0 N–H and O–H groups in total. The SMILES string of the molecule is C.C.C.C.C=C(C)C(=O)OCCc1ccc(CC(=O)Oc2ccc(OC(=O)Cc3ccc(CCOC(=O)C(=C)C)cc3)cc2)cc1.CC.CC.CC. The van der Waals surface area contributed by atoms with Gasteiger partial charge in [0.05, 0.1) is 26.1 Å². The zero-order valence-corrected chi connectivity index (χ0v) is 29.9. The first-order valence-corrected chi connectivity index (χ1v) is 16.4. The Kier molecular flexibility index (Phi) is 36.0. The summed E-state index contributed by atoms with van der Waals surface area (Å²) in [4.78, 5) is 47.7. The van der Waals surface area contributed by atoms with E-state index in [2.05, 4.69) is 13.2 Å². The maximum Gasteiger partial charge on any atom is 0.333 e. The largest absolute Gasteiger partial charge is 0.462 e. The van der Waals surface area contributed by atoms with Crippen LogP contribution in [0.4, 0.5) is 0 Å². The molecule has 0 atom stereocenters. The van der Waals surface area contributed by atoms with Crippen LogP contribution in [-0.2, 0) is 54.3 Å². The van der Waals surface area contributed by atoms with Crippen molar-refractivity contribution < 1.29 is 38.1 Å². The molecule has 3 aromatic carbocycles. The number of carbonyl (C=O) groups excluding carboxylic acids is 4. The molecule has 0 saturated carbocycles. The van der Waals surface area contributed by atoms with E-state index in [1.54, 1.807) is 38.1 Å². The number of hydrogen-bond acceptors (Lipinski definition) is 8. The molecular formula is C44H68O8. The highest BCUT2D eigenvalue weighted by atomic mass is 16.5. The average molecular weight is 725 g/mol. The monoisotopic (exact) mass is 724 g/mol. The second-order valence-electron chi connectivity index (χ2n) is 9.74. The van der Waals surface area contributed by atoms with Gasteiger partial charge in [-0.15, -0.1) is 0 Å². The second kappa shape index (κ2) is 33.2. The Labute approximate surface area is 316 Å². The van der Waals surface area contributed by atoms with Crippen LogP contribution in [0, 0.1) is 0 Å². The van der Waals surface area contributed by atoms with Gasteiger partial charge in [-0.25, -0.2) is 9.59 Å². The van der Waals surface area contributed by atoms with Gasteiger partial charge in [-0.1, -0.05) is 133 Å². The van der Waals surface area contributed by atoms with Gasteiger partial charge in [-0.2, -0.15) is 0 Å². The molecule has 0 radical (unpaired) electrons. The molecule has 52 heavy (non-hydrogen) atoms. The Morgan fingerprint density at radius 3 is 0.962 bits per heavy atom. The van der Waals surface area contributed by atoms with Crippen LogP contribution >= 0.6 is 0 Å². The normalized spacial score (nSPS) is 8.69. The number of esters is 4. The summed E-state index contributed by atoms with van der Waals surface area (Å²) < 4.78 is 21.0. The first-order chi connectivity index (χ1) is 23.1. The van der Waals surface area contributed by atoms with Crippen LogP contribution in [0.1, 0.15) is 107 Å². The summed E-state index contributed by atoms with van der Waals surface area (Å²) in [6, 6.07) is 21.1. The minimum atomic E-state index is -0.430. The summed E-state index contributed by atoms with van der Waals surface area (Å²) in [6.45, 7) is 22.8. The highest BCUT2D eigenvalue weighted by Gasteiger charge is 2.11. The van der Waals surface area contributed by atoms with Crippen LogP contribution in [0.2, 0.25) is 0 Å². The quantitative estimate of drug-likeness (QED) is 0.0919. The molecule has 3 rings (SSSR count). The molecule has 0 aromatic heterocycles. The predicted octanol–water partition coefficient (Wildman–Crippen LogP) is 10.9. The number of rotatable bonds is 14. The van der Waals surface area contributed by atoms with E-state index < -0.39 is 23.9 Å². The molecule has 8 heteroatoms. The van der Waals surface area contributed by atoms with Gasteiger partial charge >= 0.3 is 23.9 Å². The summed E-state index contributed by atoms with van der Waals surface area (Å²) in [6.07, 6.45) is 1.28. The lowest BCUT2D eigenvalue weighted by atomic mass is 10.1. The third-order valence-corrected chi connectivity index (χ3v) is 5.97. The average Bonchev–Trinajstić information content (AvgIpc) is 3.09. The van der Waals surface area contributed by atoms with Crippen LogP contribution < -0.4 is 9.47 Å². The van der Waals surface area contributed by atoms with E-state index in [-0.39, 0.29) is 55.8 Å². The third-order valence-electron chi connectivity index (χ3n) is 5.97. The molecule has 0 heterocycles. The molecule has 0 spiro atoms. The zero-order valence-electron chi connectivity index (χ0n) is 29.9. The maximum atomic E-state index is 12.4. The molecule has 8 nitrogen and oxygen atoms in total. The third kappa shape index (κ3) is 23.4. The van der Waals surface area contributed by atoms with Crippen LogP contribution in [0.25, 0.3) is 0 Å². The van der Waals surface area contributed by atoms with Crippen molar-refractivity contribution in [3.63, 3.8) is 0 Å². The molecule has 0 fully saturated rings. The summed E-state index contributed by atoms with van der Waals surface area (Å²) in [5.74, 6) is -1.03. The van der Waals surface area contributed by atoms with Gasteiger partial charge < -0.3 is 18.9 Å². The fourth-order valence-electron chi connectivity index (χ4n) is 3.66. The minimum absolute atomic E-state index is 0. The van der Waals surface area contributed by atoms with Crippen molar-refractivity contribution in [2.45, 2.75) is 111 Å². The molecule has 0 unspecified atom stereocenters. The van der Waals surface area contributed by atoms with Crippen LogP contribution in [-0.4, -0.2) is 37.1 Å². The molecule has 0 aliphatic carbocycles. The second-order valence-corrected chi connectivity index (χ2v) is 9.74. The van der Waals surface area contributed by atoms with Crippen molar-refractivity contribution in [3.8, 4) is 11.5 Å². The molecule has 0 aliphatic rings. The molecule has 3 aromatic rings. The van der Waals surface area contributed by atoms with Gasteiger partial charge in [0, 0.05) is 24.0 Å². The van der Waals surface area contributed by atoms with Crippen molar-refractivity contribution in [1.29, 1.82) is 0 Å². The Bertz CT molecular complexity index is 1310. The summed E-state index contributed by atoms with van der Waals surface area (Å²) in [5.41, 5.74) is 4.23. The number of benzene rings is 3. The number of hydrogen-bond donors (Lipinski definition) is 0. The van der Waals surface area contributed by atoms with E-state index in [9.17, 15) is 19.2 Å². The lowest BCUT2D eigenvalue weighted by Crippen LogP contribution is -2.12. The van der Waals surface area contributed by atoms with Crippen molar-refractivity contribution in [2.75, 3.05) is 13.2 Å². The van der Waals surface area contributed by atoms with E-state index in [0.29, 0.717) is 35.5 Å². The standard InChI is InChI=1S/C34H34O8.3C2H6.4CH4/c1-23(2)33(37)39-19-17-25-5-9-27(10-6-25)21-31(35)41-29-13-15-30(16-14-29)42-32(36)22-28-11-7-26(8-12-28)18-20-40-34(38)24(3)4;3*1-2;;;;/h5-16H,1,3,17-22H2,2,4H3;3*1-2H3;4*1H4. The Morgan fingerprint density at radius 1 is 0.462 bits per heavy atom. The zero-order chi connectivity index (χ0) is 36.5. The van der Waals surface area contributed by atoms with E-state index in [1.165, 1.54) is 0 Å².